The first-order valence-electron chi connectivity index (χ1n) is 3.74. The Bertz CT molecular complexity index is 71.7. The molecule has 0 aromatic rings. The molecule has 1 aliphatic rings. The summed E-state index contributed by atoms with van der Waals surface area (Å²) in [7, 11) is 0. The van der Waals surface area contributed by atoms with Crippen LogP contribution in [0.3, 0.4) is 0 Å². The fourth-order valence-corrected chi connectivity index (χ4v) is 0.681. The highest BCUT2D eigenvalue weighted by Crippen LogP contribution is 2.17. The summed E-state index contributed by atoms with van der Waals surface area (Å²) in [6, 6.07) is 0.779. The number of nitrogens with one attached hydrogen (secondary N) is 1. The molecule has 1 N–H and O–H groups in total. The van der Waals surface area contributed by atoms with Crippen molar-refractivity contribution >= 4 is 0 Å². The summed E-state index contributed by atoms with van der Waals surface area (Å²) in [6.45, 7) is 3.76. The van der Waals surface area contributed by atoms with Crippen molar-refractivity contribution in [2.75, 3.05) is 13.3 Å². The molecule has 0 aliphatic heterocycles. The Morgan fingerprint density at radius 2 is 2.20 bits per heavy atom. The van der Waals surface area contributed by atoms with Gasteiger partial charge in [0.25, 0.3) is 0 Å². The Labute approximate surface area is 64.0 Å². The lowest BCUT2D eigenvalue weighted by Gasteiger charge is -2.01. The maximum absolute atomic E-state index is 5.22. The zero-order chi connectivity index (χ0) is 6.53. The van der Waals surface area contributed by atoms with Crippen molar-refractivity contribution in [3.8, 4) is 0 Å². The molecule has 0 heterocycles. The molecular formula is C8H19NO. The molecule has 0 spiro atoms. The van der Waals surface area contributed by atoms with E-state index in [2.05, 4.69) is 12.2 Å². The van der Waals surface area contributed by atoms with E-state index < -0.39 is 0 Å². The van der Waals surface area contributed by atoms with Crippen molar-refractivity contribution in [2.45, 2.75) is 39.7 Å². The van der Waals surface area contributed by atoms with Crippen molar-refractivity contribution in [3.63, 3.8) is 0 Å². The van der Waals surface area contributed by atoms with E-state index in [-0.39, 0.29) is 7.43 Å². The number of ether oxygens (including phenoxy) is 1. The molecule has 2 heteroatoms. The van der Waals surface area contributed by atoms with Crippen molar-refractivity contribution in [2.24, 2.45) is 0 Å². The average Bonchev–Trinajstić information content (AvgIpc) is 2.63. The van der Waals surface area contributed by atoms with Crippen LogP contribution in [0.15, 0.2) is 0 Å². The van der Waals surface area contributed by atoms with Crippen LogP contribution in [-0.4, -0.2) is 19.4 Å². The van der Waals surface area contributed by atoms with Gasteiger partial charge in [-0.25, -0.2) is 0 Å². The first-order chi connectivity index (χ1) is 4.43. The lowest BCUT2D eigenvalue weighted by molar-refractivity contribution is 0.116. The number of hydrogen-bond acceptors (Lipinski definition) is 2. The minimum absolute atomic E-state index is 0. The van der Waals surface area contributed by atoms with Gasteiger partial charge in [-0.2, -0.15) is 0 Å². The SMILES string of the molecule is C.CCCOCNC1CC1. The molecule has 2 nitrogen and oxygen atoms in total. The highest BCUT2D eigenvalue weighted by Gasteiger charge is 2.19. The van der Waals surface area contributed by atoms with Gasteiger partial charge in [-0.3, -0.25) is 5.32 Å². The van der Waals surface area contributed by atoms with Crippen LogP contribution in [0.25, 0.3) is 0 Å². The quantitative estimate of drug-likeness (QED) is 0.470. The van der Waals surface area contributed by atoms with Crippen LogP contribution in [0.1, 0.15) is 33.6 Å². The molecule has 0 amide bonds. The van der Waals surface area contributed by atoms with Crippen LogP contribution in [0.4, 0.5) is 0 Å². The molecule has 1 saturated carbocycles. The van der Waals surface area contributed by atoms with E-state index in [0.29, 0.717) is 0 Å². The highest BCUT2D eigenvalue weighted by molar-refractivity contribution is 4.79. The second-order valence-electron chi connectivity index (χ2n) is 2.53. The van der Waals surface area contributed by atoms with Crippen molar-refractivity contribution in [3.05, 3.63) is 0 Å². The standard InChI is InChI=1S/C7H15NO.CH4/c1-2-5-9-6-8-7-3-4-7;/h7-8H,2-6H2,1H3;1H4. The van der Waals surface area contributed by atoms with Crippen LogP contribution in [-0.2, 0) is 4.74 Å². The van der Waals surface area contributed by atoms with Gasteiger partial charge in [0, 0.05) is 12.6 Å². The summed E-state index contributed by atoms with van der Waals surface area (Å²) in [5.41, 5.74) is 0. The smallest absolute Gasteiger partial charge is 0.0967 e. The number of hydrogen-bond donors (Lipinski definition) is 1. The zero-order valence-electron chi connectivity index (χ0n) is 6.02. The maximum atomic E-state index is 5.22. The molecule has 0 unspecified atom stereocenters. The summed E-state index contributed by atoms with van der Waals surface area (Å²) >= 11 is 0. The Morgan fingerprint density at radius 3 is 2.70 bits per heavy atom. The summed E-state index contributed by atoms with van der Waals surface area (Å²) < 4.78 is 5.22. The van der Waals surface area contributed by atoms with Crippen molar-refractivity contribution in [1.82, 2.24) is 5.32 Å². The Morgan fingerprint density at radius 1 is 1.50 bits per heavy atom. The second-order valence-corrected chi connectivity index (χ2v) is 2.53. The van der Waals surface area contributed by atoms with E-state index >= 15 is 0 Å². The lowest BCUT2D eigenvalue weighted by atomic mass is 10.5. The minimum Gasteiger partial charge on any atom is -0.366 e. The molecule has 0 aromatic carbocycles. The fourth-order valence-electron chi connectivity index (χ4n) is 0.681. The second kappa shape index (κ2) is 5.69. The van der Waals surface area contributed by atoms with Crippen LogP contribution in [0.5, 0.6) is 0 Å². The average molecular weight is 145 g/mol. The number of rotatable bonds is 5. The lowest BCUT2D eigenvalue weighted by Crippen LogP contribution is -2.20. The van der Waals surface area contributed by atoms with Gasteiger partial charge in [0.05, 0.1) is 6.73 Å². The molecule has 0 bridgehead atoms. The van der Waals surface area contributed by atoms with Gasteiger partial charge in [-0.15, -0.1) is 0 Å². The van der Waals surface area contributed by atoms with Gasteiger partial charge in [0.2, 0.25) is 0 Å². The van der Waals surface area contributed by atoms with Crippen molar-refractivity contribution < 1.29 is 4.74 Å². The first-order valence-corrected chi connectivity index (χ1v) is 3.74. The predicted molar refractivity (Wildman–Crippen MR) is 44.0 cm³/mol. The summed E-state index contributed by atoms with van der Waals surface area (Å²) in [5.74, 6) is 0. The van der Waals surface area contributed by atoms with Gasteiger partial charge in [0.1, 0.15) is 0 Å². The van der Waals surface area contributed by atoms with E-state index in [1.165, 1.54) is 12.8 Å². The largest absolute Gasteiger partial charge is 0.366 e. The summed E-state index contributed by atoms with van der Waals surface area (Å²) in [6.07, 6.45) is 3.80. The Balaban J connectivity index is 0.000000810. The van der Waals surface area contributed by atoms with E-state index in [1.54, 1.807) is 0 Å². The van der Waals surface area contributed by atoms with E-state index in [0.717, 1.165) is 25.8 Å². The van der Waals surface area contributed by atoms with Gasteiger partial charge in [0.15, 0.2) is 0 Å². The van der Waals surface area contributed by atoms with Gasteiger partial charge in [-0.05, 0) is 19.3 Å². The fraction of sp³-hybridized carbons (Fsp3) is 1.00. The molecule has 1 rings (SSSR count). The van der Waals surface area contributed by atoms with E-state index in [9.17, 15) is 0 Å². The van der Waals surface area contributed by atoms with Gasteiger partial charge >= 0.3 is 0 Å². The molecule has 0 aromatic heterocycles. The Kier molecular flexibility index (Phi) is 5.64. The third-order valence-corrected chi connectivity index (χ3v) is 1.40. The molecule has 62 valence electrons. The first kappa shape index (κ1) is 9.92. The molecule has 1 fully saturated rings. The van der Waals surface area contributed by atoms with Crippen LogP contribution < -0.4 is 5.32 Å². The van der Waals surface area contributed by atoms with Gasteiger partial charge < -0.3 is 4.74 Å². The summed E-state index contributed by atoms with van der Waals surface area (Å²) in [5, 5.41) is 3.27. The monoisotopic (exact) mass is 145 g/mol. The van der Waals surface area contributed by atoms with Crippen LogP contribution in [0.2, 0.25) is 0 Å². The molecule has 0 saturated heterocycles. The topological polar surface area (TPSA) is 21.3 Å². The molecule has 0 radical (unpaired) electrons. The third kappa shape index (κ3) is 4.77. The third-order valence-electron chi connectivity index (χ3n) is 1.40. The predicted octanol–water partition coefficient (Wildman–Crippen LogP) is 1.76. The zero-order valence-corrected chi connectivity index (χ0v) is 6.02. The van der Waals surface area contributed by atoms with E-state index in [4.69, 9.17) is 4.74 Å². The Hall–Kier alpha value is -0.0800. The van der Waals surface area contributed by atoms with E-state index in [1.807, 2.05) is 0 Å². The maximum Gasteiger partial charge on any atom is 0.0967 e. The highest BCUT2D eigenvalue weighted by atomic mass is 16.5. The van der Waals surface area contributed by atoms with Crippen molar-refractivity contribution in [1.29, 1.82) is 0 Å². The molecule has 10 heavy (non-hydrogen) atoms. The molecule has 0 atom stereocenters. The van der Waals surface area contributed by atoms with Gasteiger partial charge in [-0.1, -0.05) is 14.4 Å². The molecule has 1 aliphatic carbocycles. The molecular weight excluding hydrogens is 126 g/mol. The van der Waals surface area contributed by atoms with Crippen LogP contribution >= 0.6 is 0 Å². The van der Waals surface area contributed by atoms with Crippen LogP contribution in [0, 0.1) is 0 Å². The summed E-state index contributed by atoms with van der Waals surface area (Å²) in [4.78, 5) is 0. The normalized spacial score (nSPS) is 16.5. The minimum atomic E-state index is 0.